The van der Waals surface area contributed by atoms with Crippen molar-refractivity contribution < 1.29 is 38.1 Å². The Bertz CT molecular complexity index is 2040. The van der Waals surface area contributed by atoms with E-state index in [1.807, 2.05) is 84.9 Å². The Kier molecular flexibility index (Phi) is 14.5. The van der Waals surface area contributed by atoms with Crippen LogP contribution in [0.4, 0.5) is 0 Å². The van der Waals surface area contributed by atoms with Crippen LogP contribution in [0.5, 0.6) is 23.0 Å². The van der Waals surface area contributed by atoms with E-state index in [9.17, 15) is 19.2 Å². The van der Waals surface area contributed by atoms with Crippen molar-refractivity contribution in [1.82, 2.24) is 0 Å². The zero-order chi connectivity index (χ0) is 39.7. The largest absolute Gasteiger partial charge is 0.427 e. The number of carbonyl (C=O) groups excluding carboxylic acids is 4. The lowest BCUT2D eigenvalue weighted by Crippen LogP contribution is -2.10. The second-order valence-corrected chi connectivity index (χ2v) is 13.5. The molecule has 0 amide bonds. The summed E-state index contributed by atoms with van der Waals surface area (Å²) in [5.74, 6) is 0.0150. The van der Waals surface area contributed by atoms with E-state index in [1.165, 1.54) is 0 Å². The van der Waals surface area contributed by atoms with Crippen molar-refractivity contribution >= 4 is 23.9 Å². The van der Waals surface area contributed by atoms with Crippen LogP contribution in [0, 0.1) is 0 Å². The van der Waals surface area contributed by atoms with Crippen LogP contribution in [0.15, 0.2) is 158 Å². The van der Waals surface area contributed by atoms with Crippen LogP contribution >= 0.6 is 0 Å². The molecule has 57 heavy (non-hydrogen) atoms. The molecule has 288 valence electrons. The maximum Gasteiger partial charge on any atom is 0.343 e. The fraction of sp³-hybridized carbons (Fsp3) is 0.184. The second-order valence-electron chi connectivity index (χ2n) is 13.5. The van der Waals surface area contributed by atoms with E-state index < -0.39 is 11.9 Å². The summed E-state index contributed by atoms with van der Waals surface area (Å²) in [7, 11) is 0. The molecule has 0 saturated heterocycles. The molecule has 0 aliphatic heterocycles. The van der Waals surface area contributed by atoms with Gasteiger partial charge in [-0.15, -0.1) is 0 Å². The molecule has 0 aromatic heterocycles. The van der Waals surface area contributed by atoms with Gasteiger partial charge in [-0.05, 0) is 108 Å². The Morgan fingerprint density at radius 1 is 0.298 bits per heavy atom. The standard InChI is InChI=1S/C49H44O8/c50-46(54-42-32-24-40(25-33-42)48(52)56-44-28-20-38(21-29-44)36-14-8-6-9-15-36)18-12-4-2-1-3-5-13-19-47(51)55-43-34-26-41(27-35-43)49(53)57-45-30-22-39(23-31-45)37-16-10-7-11-17-37/h6-11,14-17,20-35H,1-5,12-13,18-19H2. The quantitative estimate of drug-likeness (QED) is 0.0484. The zero-order valence-electron chi connectivity index (χ0n) is 31.6. The first kappa shape index (κ1) is 39.9. The Balaban J connectivity index is 0.786. The normalized spacial score (nSPS) is 10.7. The summed E-state index contributed by atoms with van der Waals surface area (Å²) in [4.78, 5) is 50.0. The van der Waals surface area contributed by atoms with E-state index in [-0.39, 0.29) is 11.9 Å². The van der Waals surface area contributed by atoms with Crippen LogP contribution in [0.3, 0.4) is 0 Å². The highest BCUT2D eigenvalue weighted by Crippen LogP contribution is 2.25. The van der Waals surface area contributed by atoms with Crippen LogP contribution in [0.1, 0.15) is 78.5 Å². The fourth-order valence-corrected chi connectivity index (χ4v) is 6.13. The van der Waals surface area contributed by atoms with Gasteiger partial charge in [0.1, 0.15) is 23.0 Å². The van der Waals surface area contributed by atoms with E-state index >= 15 is 0 Å². The monoisotopic (exact) mass is 760 g/mol. The SMILES string of the molecule is O=C(CCCCCCCCCC(=O)Oc1ccc(C(=O)Oc2ccc(-c3ccccc3)cc2)cc1)Oc1ccc(C(=O)Oc2ccc(-c3ccccc3)cc2)cc1. The summed E-state index contributed by atoms with van der Waals surface area (Å²) in [5, 5.41) is 0. The van der Waals surface area contributed by atoms with Gasteiger partial charge < -0.3 is 18.9 Å². The fourth-order valence-electron chi connectivity index (χ4n) is 6.13. The molecule has 0 spiro atoms. The van der Waals surface area contributed by atoms with Gasteiger partial charge in [-0.2, -0.15) is 0 Å². The highest BCUT2D eigenvalue weighted by Gasteiger charge is 2.13. The van der Waals surface area contributed by atoms with Crippen LogP contribution in [0.2, 0.25) is 0 Å². The number of benzene rings is 6. The van der Waals surface area contributed by atoms with Gasteiger partial charge in [-0.25, -0.2) is 9.59 Å². The van der Waals surface area contributed by atoms with Gasteiger partial charge in [0.15, 0.2) is 0 Å². The third-order valence-corrected chi connectivity index (χ3v) is 9.25. The average molecular weight is 761 g/mol. The molecular formula is C49H44O8. The second kappa shape index (κ2) is 20.8. The number of hydrogen-bond acceptors (Lipinski definition) is 8. The highest BCUT2D eigenvalue weighted by molar-refractivity contribution is 5.92. The lowest BCUT2D eigenvalue weighted by molar-refractivity contribution is -0.135. The number of esters is 4. The van der Waals surface area contributed by atoms with E-state index in [0.717, 1.165) is 67.2 Å². The van der Waals surface area contributed by atoms with Crippen molar-refractivity contribution in [2.24, 2.45) is 0 Å². The molecule has 0 aliphatic rings. The molecule has 6 rings (SSSR count). The first-order chi connectivity index (χ1) is 27.9. The minimum Gasteiger partial charge on any atom is -0.427 e. The molecule has 0 atom stereocenters. The third-order valence-electron chi connectivity index (χ3n) is 9.25. The topological polar surface area (TPSA) is 105 Å². The molecule has 8 nitrogen and oxygen atoms in total. The summed E-state index contributed by atoms with van der Waals surface area (Å²) in [5.41, 5.74) is 4.92. The van der Waals surface area contributed by atoms with Crippen molar-refractivity contribution in [3.8, 4) is 45.3 Å². The molecule has 0 bridgehead atoms. The lowest BCUT2D eigenvalue weighted by Gasteiger charge is -2.08. The first-order valence-corrected chi connectivity index (χ1v) is 19.3. The average Bonchev–Trinajstić information content (AvgIpc) is 3.24. The molecule has 0 aliphatic carbocycles. The Hall–Kier alpha value is -6.80. The zero-order valence-corrected chi connectivity index (χ0v) is 31.6. The number of hydrogen-bond donors (Lipinski definition) is 0. The van der Waals surface area contributed by atoms with Crippen LogP contribution in [-0.4, -0.2) is 23.9 Å². The number of carbonyl (C=O) groups is 4. The van der Waals surface area contributed by atoms with Crippen molar-refractivity contribution in [2.45, 2.75) is 57.8 Å². The van der Waals surface area contributed by atoms with Crippen molar-refractivity contribution in [2.75, 3.05) is 0 Å². The van der Waals surface area contributed by atoms with Crippen LogP contribution < -0.4 is 18.9 Å². The van der Waals surface area contributed by atoms with Gasteiger partial charge in [0.05, 0.1) is 11.1 Å². The number of rotatable bonds is 18. The summed E-state index contributed by atoms with van der Waals surface area (Å²) in [6.45, 7) is 0. The maximum absolute atomic E-state index is 12.6. The van der Waals surface area contributed by atoms with Gasteiger partial charge in [0.2, 0.25) is 0 Å². The molecular weight excluding hydrogens is 717 g/mol. The predicted molar refractivity (Wildman–Crippen MR) is 219 cm³/mol. The molecule has 6 aromatic rings. The van der Waals surface area contributed by atoms with Crippen molar-refractivity contribution in [1.29, 1.82) is 0 Å². The first-order valence-electron chi connectivity index (χ1n) is 19.3. The summed E-state index contributed by atoms with van der Waals surface area (Å²) >= 11 is 0. The van der Waals surface area contributed by atoms with Gasteiger partial charge in [0.25, 0.3) is 0 Å². The number of ether oxygens (including phenoxy) is 4. The molecule has 0 heterocycles. The summed E-state index contributed by atoms with van der Waals surface area (Å²) in [6, 6.07) is 47.2. The molecule has 0 radical (unpaired) electrons. The van der Waals surface area contributed by atoms with E-state index in [2.05, 4.69) is 0 Å². The van der Waals surface area contributed by atoms with Gasteiger partial charge in [0, 0.05) is 12.8 Å². The molecule has 0 fully saturated rings. The summed E-state index contributed by atoms with van der Waals surface area (Å²) in [6.07, 6.45) is 6.83. The van der Waals surface area contributed by atoms with E-state index in [0.29, 0.717) is 47.0 Å². The van der Waals surface area contributed by atoms with E-state index in [1.54, 1.807) is 72.8 Å². The van der Waals surface area contributed by atoms with Crippen molar-refractivity contribution in [3.63, 3.8) is 0 Å². The van der Waals surface area contributed by atoms with Crippen molar-refractivity contribution in [3.05, 3.63) is 169 Å². The molecule has 0 saturated carbocycles. The van der Waals surface area contributed by atoms with E-state index in [4.69, 9.17) is 18.9 Å². The van der Waals surface area contributed by atoms with Gasteiger partial charge >= 0.3 is 23.9 Å². The molecule has 6 aromatic carbocycles. The minimum absolute atomic E-state index is 0.305. The minimum atomic E-state index is -0.495. The highest BCUT2D eigenvalue weighted by atomic mass is 16.5. The summed E-state index contributed by atoms with van der Waals surface area (Å²) < 4.78 is 21.9. The maximum atomic E-state index is 12.6. The molecule has 0 N–H and O–H groups in total. The number of unbranched alkanes of at least 4 members (excludes halogenated alkanes) is 6. The van der Waals surface area contributed by atoms with Gasteiger partial charge in [-0.1, -0.05) is 117 Å². The Morgan fingerprint density at radius 2 is 0.579 bits per heavy atom. The predicted octanol–water partition coefficient (Wildman–Crippen LogP) is 11.5. The van der Waals surface area contributed by atoms with Crippen LogP contribution in [-0.2, 0) is 9.59 Å². The van der Waals surface area contributed by atoms with Gasteiger partial charge in [-0.3, -0.25) is 9.59 Å². The molecule has 0 unspecified atom stereocenters. The Labute approximate surface area is 333 Å². The van der Waals surface area contributed by atoms with Crippen LogP contribution in [0.25, 0.3) is 22.3 Å². The molecule has 8 heteroatoms. The smallest absolute Gasteiger partial charge is 0.343 e. The Morgan fingerprint density at radius 3 is 0.930 bits per heavy atom. The lowest BCUT2D eigenvalue weighted by atomic mass is 10.1. The third kappa shape index (κ3) is 12.6.